The SMILES string of the molecule is Cc1ccc2c(c1)-c1ccc(Nc3ccccc3Cl)cc1C(O)O2. The van der Waals surface area contributed by atoms with E-state index in [1.807, 2.05) is 61.5 Å². The predicted molar refractivity (Wildman–Crippen MR) is 96.9 cm³/mol. The van der Waals surface area contributed by atoms with Crippen LogP contribution in [0.25, 0.3) is 11.1 Å². The van der Waals surface area contributed by atoms with Gasteiger partial charge in [-0.3, -0.25) is 0 Å². The number of hydrogen-bond donors (Lipinski definition) is 2. The van der Waals surface area contributed by atoms with E-state index in [2.05, 4.69) is 11.4 Å². The van der Waals surface area contributed by atoms with Crippen molar-refractivity contribution >= 4 is 23.0 Å². The molecule has 0 saturated heterocycles. The summed E-state index contributed by atoms with van der Waals surface area (Å²) in [5.41, 5.74) is 5.54. The average molecular weight is 338 g/mol. The summed E-state index contributed by atoms with van der Waals surface area (Å²) in [4.78, 5) is 0. The molecule has 1 aliphatic heterocycles. The van der Waals surface area contributed by atoms with E-state index in [0.717, 1.165) is 33.6 Å². The molecule has 0 aromatic heterocycles. The maximum absolute atomic E-state index is 10.3. The first-order valence-electron chi connectivity index (χ1n) is 7.73. The number of ether oxygens (including phenoxy) is 1. The maximum Gasteiger partial charge on any atom is 0.224 e. The van der Waals surface area contributed by atoms with Crippen molar-refractivity contribution in [2.75, 3.05) is 5.32 Å². The van der Waals surface area contributed by atoms with Gasteiger partial charge in [0.25, 0.3) is 0 Å². The molecule has 0 amide bonds. The standard InChI is InChI=1S/C20H16ClNO2/c1-12-6-9-19-15(10-12)14-8-7-13(11-16(14)20(23)24-19)22-18-5-3-2-4-17(18)21/h2-11,20,22-23H,1H3. The Bertz CT molecular complexity index is 923. The molecule has 2 N–H and O–H groups in total. The summed E-state index contributed by atoms with van der Waals surface area (Å²) >= 11 is 6.19. The Morgan fingerprint density at radius 1 is 1.00 bits per heavy atom. The van der Waals surface area contributed by atoms with Crippen LogP contribution in [0.5, 0.6) is 5.75 Å². The van der Waals surface area contributed by atoms with Crippen molar-refractivity contribution in [3.63, 3.8) is 0 Å². The van der Waals surface area contributed by atoms with Crippen molar-refractivity contribution in [2.24, 2.45) is 0 Å². The molecule has 0 fully saturated rings. The molecular formula is C20H16ClNO2. The summed E-state index contributed by atoms with van der Waals surface area (Å²) in [6.45, 7) is 2.04. The van der Waals surface area contributed by atoms with Crippen LogP contribution in [0.2, 0.25) is 5.02 Å². The van der Waals surface area contributed by atoms with E-state index in [4.69, 9.17) is 16.3 Å². The second kappa shape index (κ2) is 5.86. The third-order valence-electron chi connectivity index (χ3n) is 4.13. The normalized spacial score (nSPS) is 15.2. The molecule has 120 valence electrons. The molecule has 3 aromatic rings. The zero-order valence-corrected chi connectivity index (χ0v) is 13.8. The molecule has 4 rings (SSSR count). The summed E-state index contributed by atoms with van der Waals surface area (Å²) in [5.74, 6) is 0.701. The van der Waals surface area contributed by atoms with Crippen molar-refractivity contribution in [3.05, 3.63) is 76.8 Å². The van der Waals surface area contributed by atoms with Gasteiger partial charge < -0.3 is 15.2 Å². The number of nitrogens with one attached hydrogen (secondary N) is 1. The number of aliphatic hydroxyl groups excluding tert-OH is 1. The number of hydrogen-bond acceptors (Lipinski definition) is 3. The molecule has 1 aliphatic rings. The van der Waals surface area contributed by atoms with Crippen LogP contribution >= 0.6 is 11.6 Å². The Morgan fingerprint density at radius 3 is 2.67 bits per heavy atom. The second-order valence-corrected chi connectivity index (χ2v) is 6.28. The molecule has 0 bridgehead atoms. The monoisotopic (exact) mass is 337 g/mol. The van der Waals surface area contributed by atoms with E-state index in [-0.39, 0.29) is 0 Å². The second-order valence-electron chi connectivity index (χ2n) is 5.88. The molecule has 1 unspecified atom stereocenters. The fourth-order valence-corrected chi connectivity index (χ4v) is 3.13. The molecule has 4 heteroatoms. The van der Waals surface area contributed by atoms with E-state index in [0.29, 0.717) is 10.8 Å². The molecule has 0 aliphatic carbocycles. The van der Waals surface area contributed by atoms with Crippen LogP contribution in [0.15, 0.2) is 60.7 Å². The van der Waals surface area contributed by atoms with Gasteiger partial charge in [0.1, 0.15) is 5.75 Å². The van der Waals surface area contributed by atoms with Crippen LogP contribution in [0, 0.1) is 6.92 Å². The van der Waals surface area contributed by atoms with Gasteiger partial charge >= 0.3 is 0 Å². The largest absolute Gasteiger partial charge is 0.460 e. The lowest BCUT2D eigenvalue weighted by atomic mass is 9.94. The lowest BCUT2D eigenvalue weighted by molar-refractivity contribution is -0.0212. The van der Waals surface area contributed by atoms with Gasteiger partial charge in [0, 0.05) is 16.8 Å². The minimum atomic E-state index is -0.983. The lowest BCUT2D eigenvalue weighted by Crippen LogP contribution is -2.13. The van der Waals surface area contributed by atoms with Gasteiger partial charge in [-0.15, -0.1) is 0 Å². The Hall–Kier alpha value is -2.49. The number of benzene rings is 3. The predicted octanol–water partition coefficient (Wildman–Crippen LogP) is 5.44. The number of fused-ring (bicyclic) bond motifs is 3. The maximum atomic E-state index is 10.3. The molecule has 24 heavy (non-hydrogen) atoms. The highest BCUT2D eigenvalue weighted by atomic mass is 35.5. The average Bonchev–Trinajstić information content (AvgIpc) is 2.58. The van der Waals surface area contributed by atoms with Crippen LogP contribution < -0.4 is 10.1 Å². The Kier molecular flexibility index (Phi) is 3.68. The van der Waals surface area contributed by atoms with E-state index in [1.165, 1.54) is 0 Å². The summed E-state index contributed by atoms with van der Waals surface area (Å²) in [7, 11) is 0. The first kappa shape index (κ1) is 15.1. The minimum Gasteiger partial charge on any atom is -0.460 e. The molecule has 1 heterocycles. The van der Waals surface area contributed by atoms with Gasteiger partial charge in [0.05, 0.1) is 10.7 Å². The van der Waals surface area contributed by atoms with Crippen molar-refractivity contribution in [1.82, 2.24) is 0 Å². The van der Waals surface area contributed by atoms with Crippen LogP contribution in [0.3, 0.4) is 0 Å². The van der Waals surface area contributed by atoms with Crippen molar-refractivity contribution in [2.45, 2.75) is 13.2 Å². The number of para-hydroxylation sites is 1. The fourth-order valence-electron chi connectivity index (χ4n) is 2.95. The molecular weight excluding hydrogens is 322 g/mol. The number of anilines is 2. The van der Waals surface area contributed by atoms with Crippen molar-refractivity contribution < 1.29 is 9.84 Å². The first-order valence-corrected chi connectivity index (χ1v) is 8.11. The third kappa shape index (κ3) is 2.62. The smallest absolute Gasteiger partial charge is 0.224 e. The lowest BCUT2D eigenvalue weighted by Gasteiger charge is -2.26. The summed E-state index contributed by atoms with van der Waals surface area (Å²) in [6, 6.07) is 19.4. The van der Waals surface area contributed by atoms with E-state index < -0.39 is 6.29 Å². The highest BCUT2D eigenvalue weighted by Crippen LogP contribution is 2.43. The topological polar surface area (TPSA) is 41.5 Å². The molecule has 3 aromatic carbocycles. The third-order valence-corrected chi connectivity index (χ3v) is 4.46. The highest BCUT2D eigenvalue weighted by molar-refractivity contribution is 6.33. The first-order chi connectivity index (χ1) is 11.6. The zero-order valence-electron chi connectivity index (χ0n) is 13.1. The van der Waals surface area contributed by atoms with Gasteiger partial charge in [0.2, 0.25) is 6.29 Å². The Morgan fingerprint density at radius 2 is 1.83 bits per heavy atom. The number of rotatable bonds is 2. The van der Waals surface area contributed by atoms with Gasteiger partial charge in [-0.25, -0.2) is 0 Å². The van der Waals surface area contributed by atoms with Crippen LogP contribution in [0.4, 0.5) is 11.4 Å². The van der Waals surface area contributed by atoms with Gasteiger partial charge in [0.15, 0.2) is 0 Å². The summed E-state index contributed by atoms with van der Waals surface area (Å²) in [5, 5.41) is 14.3. The molecule has 1 atom stereocenters. The summed E-state index contributed by atoms with van der Waals surface area (Å²) < 4.78 is 5.64. The van der Waals surface area contributed by atoms with E-state index in [1.54, 1.807) is 0 Å². The highest BCUT2D eigenvalue weighted by Gasteiger charge is 2.24. The molecule has 0 radical (unpaired) electrons. The minimum absolute atomic E-state index is 0.646. The van der Waals surface area contributed by atoms with Crippen LogP contribution in [-0.2, 0) is 0 Å². The van der Waals surface area contributed by atoms with Gasteiger partial charge in [-0.05, 0) is 48.9 Å². The van der Waals surface area contributed by atoms with Gasteiger partial charge in [-0.2, -0.15) is 0 Å². The number of aliphatic hydroxyl groups is 1. The van der Waals surface area contributed by atoms with E-state index >= 15 is 0 Å². The zero-order chi connectivity index (χ0) is 16.7. The van der Waals surface area contributed by atoms with Gasteiger partial charge in [-0.1, -0.05) is 41.4 Å². The summed E-state index contributed by atoms with van der Waals surface area (Å²) in [6.07, 6.45) is -0.983. The quantitative estimate of drug-likeness (QED) is 0.654. The number of aryl methyl sites for hydroxylation is 1. The van der Waals surface area contributed by atoms with Crippen LogP contribution in [0.1, 0.15) is 17.4 Å². The number of halogens is 1. The molecule has 0 saturated carbocycles. The fraction of sp³-hybridized carbons (Fsp3) is 0.100. The van der Waals surface area contributed by atoms with Crippen molar-refractivity contribution in [1.29, 1.82) is 0 Å². The molecule has 3 nitrogen and oxygen atoms in total. The van der Waals surface area contributed by atoms with E-state index in [9.17, 15) is 5.11 Å². The van der Waals surface area contributed by atoms with Crippen molar-refractivity contribution in [3.8, 4) is 16.9 Å². The van der Waals surface area contributed by atoms with Crippen LogP contribution in [-0.4, -0.2) is 5.11 Å². The Balaban J connectivity index is 1.76. The molecule has 0 spiro atoms. The Labute approximate surface area is 145 Å².